The first-order valence-corrected chi connectivity index (χ1v) is 12.4. The van der Waals surface area contributed by atoms with Gasteiger partial charge in [-0.25, -0.2) is 0 Å². The fourth-order valence-corrected chi connectivity index (χ4v) is 5.15. The summed E-state index contributed by atoms with van der Waals surface area (Å²) in [7, 11) is 0. The van der Waals surface area contributed by atoms with Crippen LogP contribution in [0.5, 0.6) is 0 Å². The standard InChI is InChI=1S/C26H29N5O3S/c1-16-11-13-18(14-12-16)22(25(33)29-19-9-5-6-10-19)31(15-17-7-3-2-4-8-17)26(34)23-20(27)21(24(28)32)30-35-23/h2-4,7-8,11-14,19,22H,5-6,9-10,15,27H2,1H3,(H2,28,32)(H,29,33)/t22-/m1/s1. The second-order valence-electron chi connectivity index (χ2n) is 8.86. The van der Waals surface area contributed by atoms with Gasteiger partial charge in [-0.15, -0.1) is 0 Å². The largest absolute Gasteiger partial charge is 0.395 e. The smallest absolute Gasteiger partial charge is 0.270 e. The summed E-state index contributed by atoms with van der Waals surface area (Å²) in [5.74, 6) is -1.53. The Kier molecular flexibility index (Phi) is 7.45. The molecule has 9 heteroatoms. The van der Waals surface area contributed by atoms with Crippen molar-refractivity contribution in [1.82, 2.24) is 14.6 Å². The number of hydrogen-bond acceptors (Lipinski definition) is 6. The molecular formula is C26H29N5O3S. The lowest BCUT2D eigenvalue weighted by Gasteiger charge is -2.32. The molecule has 8 nitrogen and oxygen atoms in total. The lowest BCUT2D eigenvalue weighted by molar-refractivity contribution is -0.126. The summed E-state index contributed by atoms with van der Waals surface area (Å²) in [6.07, 6.45) is 3.98. The molecule has 1 atom stereocenters. The summed E-state index contributed by atoms with van der Waals surface area (Å²) in [5, 5.41) is 3.15. The number of aromatic nitrogens is 1. The van der Waals surface area contributed by atoms with Crippen LogP contribution in [-0.4, -0.2) is 33.0 Å². The molecule has 1 fully saturated rings. The minimum Gasteiger partial charge on any atom is -0.395 e. The maximum atomic E-state index is 13.9. The Bertz CT molecular complexity index is 1200. The molecule has 0 aliphatic heterocycles. The van der Waals surface area contributed by atoms with Gasteiger partial charge in [0.15, 0.2) is 5.69 Å². The van der Waals surface area contributed by atoms with Gasteiger partial charge in [-0.2, -0.15) is 4.37 Å². The molecule has 4 rings (SSSR count). The number of carbonyl (C=O) groups excluding carboxylic acids is 3. The summed E-state index contributed by atoms with van der Waals surface area (Å²) in [6, 6.07) is 16.2. The van der Waals surface area contributed by atoms with E-state index in [0.29, 0.717) is 5.56 Å². The zero-order chi connectivity index (χ0) is 24.9. The van der Waals surface area contributed by atoms with Crippen LogP contribution in [0.1, 0.15) is 68.6 Å². The van der Waals surface area contributed by atoms with Crippen molar-refractivity contribution in [3.8, 4) is 0 Å². The minimum atomic E-state index is -0.901. The Balaban J connectivity index is 1.78. The number of primary amides is 1. The van der Waals surface area contributed by atoms with Gasteiger partial charge in [-0.1, -0.05) is 73.0 Å². The molecule has 2 aromatic carbocycles. The Morgan fingerprint density at radius 1 is 1.09 bits per heavy atom. The van der Waals surface area contributed by atoms with Crippen LogP contribution in [0.3, 0.4) is 0 Å². The second kappa shape index (κ2) is 10.7. The molecule has 1 aliphatic rings. The summed E-state index contributed by atoms with van der Waals surface area (Å²) in [4.78, 5) is 40.9. The molecule has 0 saturated heterocycles. The van der Waals surface area contributed by atoms with Gasteiger partial charge in [-0.05, 0) is 42.4 Å². The van der Waals surface area contributed by atoms with Gasteiger partial charge in [0.2, 0.25) is 5.91 Å². The lowest BCUT2D eigenvalue weighted by Crippen LogP contribution is -2.45. The van der Waals surface area contributed by atoms with Gasteiger partial charge in [0.25, 0.3) is 11.8 Å². The molecule has 0 unspecified atom stereocenters. The van der Waals surface area contributed by atoms with E-state index in [1.807, 2.05) is 61.5 Å². The Hall–Kier alpha value is -3.72. The zero-order valence-electron chi connectivity index (χ0n) is 19.6. The predicted octanol–water partition coefficient (Wildman–Crippen LogP) is 3.58. The van der Waals surface area contributed by atoms with Crippen molar-refractivity contribution >= 4 is 34.9 Å². The second-order valence-corrected chi connectivity index (χ2v) is 9.63. The van der Waals surface area contributed by atoms with Crippen LogP contribution in [0, 0.1) is 6.92 Å². The molecule has 3 aromatic rings. The summed E-state index contributed by atoms with van der Waals surface area (Å²) >= 11 is 0.812. The van der Waals surface area contributed by atoms with Crippen LogP contribution in [0.25, 0.3) is 0 Å². The van der Waals surface area contributed by atoms with Crippen LogP contribution in [0.15, 0.2) is 54.6 Å². The maximum absolute atomic E-state index is 13.9. The number of amides is 3. The van der Waals surface area contributed by atoms with E-state index in [0.717, 1.165) is 48.3 Å². The molecular weight excluding hydrogens is 462 g/mol. The first-order valence-electron chi connectivity index (χ1n) is 11.6. The number of carbonyl (C=O) groups is 3. The molecule has 0 bridgehead atoms. The number of anilines is 1. The fraction of sp³-hybridized carbons (Fsp3) is 0.308. The number of nitrogens with two attached hydrogens (primary N) is 2. The number of nitrogens with one attached hydrogen (secondary N) is 1. The van der Waals surface area contributed by atoms with Crippen molar-refractivity contribution in [2.24, 2.45) is 5.73 Å². The van der Waals surface area contributed by atoms with E-state index in [-0.39, 0.29) is 34.8 Å². The summed E-state index contributed by atoms with van der Waals surface area (Å²) in [6.45, 7) is 2.13. The molecule has 182 valence electrons. The summed E-state index contributed by atoms with van der Waals surface area (Å²) in [5.41, 5.74) is 13.9. The molecule has 5 N–H and O–H groups in total. The first kappa shape index (κ1) is 24.4. The maximum Gasteiger partial charge on any atom is 0.270 e. The molecule has 0 spiro atoms. The van der Waals surface area contributed by atoms with Crippen molar-refractivity contribution in [3.05, 3.63) is 81.9 Å². The highest BCUT2D eigenvalue weighted by Gasteiger charge is 2.36. The molecule has 1 saturated carbocycles. The van der Waals surface area contributed by atoms with Gasteiger partial charge < -0.3 is 21.7 Å². The Labute approximate surface area is 208 Å². The summed E-state index contributed by atoms with van der Waals surface area (Å²) < 4.78 is 3.99. The highest BCUT2D eigenvalue weighted by Crippen LogP contribution is 2.31. The first-order chi connectivity index (χ1) is 16.8. The van der Waals surface area contributed by atoms with E-state index in [1.54, 1.807) is 0 Å². The molecule has 3 amide bonds. The van der Waals surface area contributed by atoms with Crippen molar-refractivity contribution < 1.29 is 14.4 Å². The van der Waals surface area contributed by atoms with Gasteiger partial charge in [0.05, 0.1) is 5.69 Å². The molecule has 1 aliphatic carbocycles. The third-order valence-corrected chi connectivity index (χ3v) is 7.12. The van der Waals surface area contributed by atoms with Gasteiger partial charge in [-0.3, -0.25) is 14.4 Å². The fourth-order valence-electron chi connectivity index (χ4n) is 4.39. The third kappa shape index (κ3) is 5.51. The number of benzene rings is 2. The van der Waals surface area contributed by atoms with Crippen LogP contribution < -0.4 is 16.8 Å². The van der Waals surface area contributed by atoms with Gasteiger partial charge in [0.1, 0.15) is 10.9 Å². The molecule has 1 heterocycles. The molecule has 1 aromatic heterocycles. The SMILES string of the molecule is Cc1ccc([C@H](C(=O)NC2CCCC2)N(Cc2ccccc2)C(=O)c2snc(C(N)=O)c2N)cc1. The van der Waals surface area contributed by atoms with Gasteiger partial charge >= 0.3 is 0 Å². The van der Waals surface area contributed by atoms with E-state index in [9.17, 15) is 14.4 Å². The van der Waals surface area contributed by atoms with Crippen LogP contribution in [-0.2, 0) is 11.3 Å². The quantitative estimate of drug-likeness (QED) is 0.443. The highest BCUT2D eigenvalue weighted by atomic mass is 32.1. The van der Waals surface area contributed by atoms with E-state index in [4.69, 9.17) is 11.5 Å². The Morgan fingerprint density at radius 2 is 1.74 bits per heavy atom. The molecule has 0 radical (unpaired) electrons. The van der Waals surface area contributed by atoms with Gasteiger partial charge in [0, 0.05) is 12.6 Å². The third-order valence-electron chi connectivity index (χ3n) is 6.27. The van der Waals surface area contributed by atoms with Crippen molar-refractivity contribution in [1.29, 1.82) is 0 Å². The minimum absolute atomic E-state index is 0.0654. The lowest BCUT2D eigenvalue weighted by atomic mass is 10.0. The van der Waals surface area contributed by atoms with Crippen molar-refractivity contribution in [3.63, 3.8) is 0 Å². The monoisotopic (exact) mass is 491 g/mol. The van der Waals surface area contributed by atoms with E-state index in [2.05, 4.69) is 9.69 Å². The average Bonchev–Trinajstić information content (AvgIpc) is 3.49. The van der Waals surface area contributed by atoms with Crippen molar-refractivity contribution in [2.75, 3.05) is 5.73 Å². The van der Waals surface area contributed by atoms with Crippen LogP contribution in [0.4, 0.5) is 5.69 Å². The predicted molar refractivity (Wildman–Crippen MR) is 136 cm³/mol. The molecule has 35 heavy (non-hydrogen) atoms. The highest BCUT2D eigenvalue weighted by molar-refractivity contribution is 7.09. The zero-order valence-corrected chi connectivity index (χ0v) is 20.4. The number of hydrogen-bond donors (Lipinski definition) is 3. The average molecular weight is 492 g/mol. The van der Waals surface area contributed by atoms with Crippen LogP contribution >= 0.6 is 11.5 Å². The Morgan fingerprint density at radius 3 is 2.34 bits per heavy atom. The number of nitrogens with zero attached hydrogens (tertiary/aromatic N) is 2. The van der Waals surface area contributed by atoms with E-state index < -0.39 is 17.9 Å². The van der Waals surface area contributed by atoms with E-state index >= 15 is 0 Å². The number of rotatable bonds is 8. The number of aryl methyl sites for hydroxylation is 1. The topological polar surface area (TPSA) is 131 Å². The van der Waals surface area contributed by atoms with E-state index in [1.165, 1.54) is 4.90 Å². The van der Waals surface area contributed by atoms with Crippen LogP contribution in [0.2, 0.25) is 0 Å². The number of nitrogen functional groups attached to an aromatic ring is 1. The normalized spacial score (nSPS) is 14.4. The van der Waals surface area contributed by atoms with Crippen molar-refractivity contribution in [2.45, 2.75) is 51.2 Å².